The highest BCUT2D eigenvalue weighted by molar-refractivity contribution is 5.83. The summed E-state index contributed by atoms with van der Waals surface area (Å²) in [6.45, 7) is 4.29. The zero-order valence-corrected chi connectivity index (χ0v) is 10.5. The molecule has 2 N–H and O–H groups in total. The molecule has 0 bridgehead atoms. The van der Waals surface area contributed by atoms with Gasteiger partial charge < -0.3 is 10.4 Å². The summed E-state index contributed by atoms with van der Waals surface area (Å²) in [5, 5.41) is 12.0. The minimum Gasteiger partial charge on any atom is -0.393 e. The number of hydrogen-bond donors (Lipinski definition) is 2. The molecule has 17 heavy (non-hydrogen) atoms. The fraction of sp³-hybridized carbons (Fsp3) is 0.500. The van der Waals surface area contributed by atoms with Crippen LogP contribution in [0.3, 0.4) is 0 Å². The number of aliphatic hydroxyl groups is 1. The number of carbonyl (C=O) groups excluding carboxylic acids is 1. The van der Waals surface area contributed by atoms with E-state index in [0.717, 1.165) is 18.4 Å². The van der Waals surface area contributed by atoms with E-state index in [2.05, 4.69) is 5.32 Å². The molecule has 1 aromatic rings. The van der Waals surface area contributed by atoms with Crippen LogP contribution in [0.15, 0.2) is 30.3 Å². The summed E-state index contributed by atoms with van der Waals surface area (Å²) in [4.78, 5) is 11.8. The summed E-state index contributed by atoms with van der Waals surface area (Å²) < 4.78 is 0. The van der Waals surface area contributed by atoms with Crippen molar-refractivity contribution in [1.82, 2.24) is 5.32 Å². The smallest absolute Gasteiger partial charge is 0.227 e. The lowest BCUT2D eigenvalue weighted by Crippen LogP contribution is -2.29. The van der Waals surface area contributed by atoms with Gasteiger partial charge in [0.05, 0.1) is 12.0 Å². The van der Waals surface area contributed by atoms with E-state index in [4.69, 9.17) is 5.11 Å². The Labute approximate surface area is 103 Å². The van der Waals surface area contributed by atoms with Crippen molar-refractivity contribution in [2.75, 3.05) is 6.54 Å². The first-order chi connectivity index (χ1) is 8.11. The van der Waals surface area contributed by atoms with Crippen LogP contribution in [0.5, 0.6) is 0 Å². The minimum absolute atomic E-state index is 0.0433. The van der Waals surface area contributed by atoms with E-state index in [-0.39, 0.29) is 17.9 Å². The van der Waals surface area contributed by atoms with Gasteiger partial charge in [0, 0.05) is 6.54 Å². The fourth-order valence-corrected chi connectivity index (χ4v) is 1.66. The SMILES string of the molecule is CC(O)CCCNC(=O)C(C)c1ccccc1. The van der Waals surface area contributed by atoms with Crippen LogP contribution in [0, 0.1) is 0 Å². The molecule has 0 saturated carbocycles. The summed E-state index contributed by atoms with van der Waals surface area (Å²) in [7, 11) is 0. The predicted octanol–water partition coefficient (Wildman–Crippen LogP) is 2.07. The van der Waals surface area contributed by atoms with Gasteiger partial charge in [-0.25, -0.2) is 0 Å². The molecule has 0 fully saturated rings. The maximum absolute atomic E-state index is 11.8. The topological polar surface area (TPSA) is 49.3 Å². The molecular formula is C14H21NO2. The monoisotopic (exact) mass is 235 g/mol. The van der Waals surface area contributed by atoms with E-state index >= 15 is 0 Å². The molecule has 2 unspecified atom stereocenters. The van der Waals surface area contributed by atoms with Crippen molar-refractivity contribution in [3.05, 3.63) is 35.9 Å². The Hall–Kier alpha value is -1.35. The van der Waals surface area contributed by atoms with Crippen molar-refractivity contribution in [1.29, 1.82) is 0 Å². The van der Waals surface area contributed by atoms with E-state index in [1.165, 1.54) is 0 Å². The molecule has 0 spiro atoms. The maximum atomic E-state index is 11.8. The molecule has 0 aliphatic rings. The largest absolute Gasteiger partial charge is 0.393 e. The third-order valence-corrected chi connectivity index (χ3v) is 2.79. The lowest BCUT2D eigenvalue weighted by Gasteiger charge is -2.12. The Morgan fingerprint density at radius 1 is 1.29 bits per heavy atom. The second kappa shape index (κ2) is 7.07. The Balaban J connectivity index is 2.33. The van der Waals surface area contributed by atoms with Gasteiger partial charge in [-0.2, -0.15) is 0 Å². The Kier molecular flexibility index (Phi) is 5.70. The Morgan fingerprint density at radius 2 is 1.94 bits per heavy atom. The number of benzene rings is 1. The summed E-state index contributed by atoms with van der Waals surface area (Å²) in [6.07, 6.45) is 1.24. The molecule has 0 aliphatic heterocycles. The highest BCUT2D eigenvalue weighted by Crippen LogP contribution is 2.14. The van der Waals surface area contributed by atoms with Crippen LogP contribution in [0.4, 0.5) is 0 Å². The van der Waals surface area contributed by atoms with Gasteiger partial charge in [-0.05, 0) is 32.3 Å². The third kappa shape index (κ3) is 5.00. The number of rotatable bonds is 6. The molecule has 0 aromatic heterocycles. The molecular weight excluding hydrogens is 214 g/mol. The summed E-state index contributed by atoms with van der Waals surface area (Å²) in [5.41, 5.74) is 1.03. The molecule has 3 nitrogen and oxygen atoms in total. The minimum atomic E-state index is -0.293. The number of aliphatic hydroxyl groups excluding tert-OH is 1. The van der Waals surface area contributed by atoms with Crippen LogP contribution < -0.4 is 5.32 Å². The number of nitrogens with one attached hydrogen (secondary N) is 1. The molecule has 0 heterocycles. The van der Waals surface area contributed by atoms with Gasteiger partial charge >= 0.3 is 0 Å². The van der Waals surface area contributed by atoms with E-state index in [0.29, 0.717) is 6.54 Å². The third-order valence-electron chi connectivity index (χ3n) is 2.79. The van der Waals surface area contributed by atoms with Crippen molar-refractivity contribution in [2.24, 2.45) is 0 Å². The molecule has 3 heteroatoms. The molecule has 1 aromatic carbocycles. The van der Waals surface area contributed by atoms with Crippen molar-refractivity contribution in [3.63, 3.8) is 0 Å². The molecule has 2 atom stereocenters. The van der Waals surface area contributed by atoms with Crippen LogP contribution in [-0.2, 0) is 4.79 Å². The quantitative estimate of drug-likeness (QED) is 0.742. The summed E-state index contributed by atoms with van der Waals surface area (Å²) in [5.74, 6) is -0.0791. The molecule has 1 amide bonds. The Bertz CT molecular complexity index is 335. The second-order valence-electron chi connectivity index (χ2n) is 4.41. The average molecular weight is 235 g/mol. The zero-order valence-electron chi connectivity index (χ0n) is 10.5. The van der Waals surface area contributed by atoms with Gasteiger partial charge in [0.2, 0.25) is 5.91 Å². The van der Waals surface area contributed by atoms with Gasteiger partial charge in [-0.15, -0.1) is 0 Å². The van der Waals surface area contributed by atoms with Crippen LogP contribution in [0.25, 0.3) is 0 Å². The van der Waals surface area contributed by atoms with Crippen LogP contribution >= 0.6 is 0 Å². The first-order valence-corrected chi connectivity index (χ1v) is 6.12. The molecule has 1 rings (SSSR count). The van der Waals surface area contributed by atoms with Gasteiger partial charge in [-0.1, -0.05) is 30.3 Å². The molecule has 94 valence electrons. The number of carbonyl (C=O) groups is 1. The van der Waals surface area contributed by atoms with Crippen molar-refractivity contribution < 1.29 is 9.90 Å². The standard InChI is InChI=1S/C14H21NO2/c1-11(16)7-6-10-15-14(17)12(2)13-8-4-3-5-9-13/h3-5,8-9,11-12,16H,6-7,10H2,1-2H3,(H,15,17). The van der Waals surface area contributed by atoms with Crippen molar-refractivity contribution >= 4 is 5.91 Å². The van der Waals surface area contributed by atoms with Crippen molar-refractivity contribution in [2.45, 2.75) is 38.7 Å². The van der Waals surface area contributed by atoms with Crippen LogP contribution in [-0.4, -0.2) is 23.7 Å². The maximum Gasteiger partial charge on any atom is 0.227 e. The molecule has 0 saturated heterocycles. The van der Waals surface area contributed by atoms with Crippen molar-refractivity contribution in [3.8, 4) is 0 Å². The second-order valence-corrected chi connectivity index (χ2v) is 4.41. The Morgan fingerprint density at radius 3 is 2.53 bits per heavy atom. The van der Waals surface area contributed by atoms with Gasteiger partial charge in [-0.3, -0.25) is 4.79 Å². The summed E-state index contributed by atoms with van der Waals surface area (Å²) in [6, 6.07) is 9.73. The normalized spacial score (nSPS) is 14.1. The molecule has 0 radical (unpaired) electrons. The first kappa shape index (κ1) is 13.7. The van der Waals surface area contributed by atoms with E-state index < -0.39 is 0 Å². The lowest BCUT2D eigenvalue weighted by molar-refractivity contribution is -0.122. The fourth-order valence-electron chi connectivity index (χ4n) is 1.66. The van der Waals surface area contributed by atoms with Gasteiger partial charge in [0.1, 0.15) is 0 Å². The summed E-state index contributed by atoms with van der Waals surface area (Å²) >= 11 is 0. The predicted molar refractivity (Wildman–Crippen MR) is 68.8 cm³/mol. The van der Waals surface area contributed by atoms with Crippen LogP contribution in [0.2, 0.25) is 0 Å². The van der Waals surface area contributed by atoms with Gasteiger partial charge in [0.25, 0.3) is 0 Å². The molecule has 0 aliphatic carbocycles. The lowest BCUT2D eigenvalue weighted by atomic mass is 10.0. The van der Waals surface area contributed by atoms with E-state index in [9.17, 15) is 4.79 Å². The highest BCUT2D eigenvalue weighted by Gasteiger charge is 2.13. The average Bonchev–Trinajstić information content (AvgIpc) is 2.34. The van der Waals surface area contributed by atoms with E-state index in [1.807, 2.05) is 37.3 Å². The number of amides is 1. The van der Waals surface area contributed by atoms with E-state index in [1.54, 1.807) is 6.92 Å². The highest BCUT2D eigenvalue weighted by atomic mass is 16.3. The number of hydrogen-bond acceptors (Lipinski definition) is 2. The van der Waals surface area contributed by atoms with Crippen LogP contribution in [0.1, 0.15) is 38.2 Å². The first-order valence-electron chi connectivity index (χ1n) is 6.12. The zero-order chi connectivity index (χ0) is 12.7. The van der Waals surface area contributed by atoms with Gasteiger partial charge in [0.15, 0.2) is 0 Å².